The minimum absolute atomic E-state index is 0.127. The third kappa shape index (κ3) is 2.19. The Labute approximate surface area is 113 Å². The van der Waals surface area contributed by atoms with Gasteiger partial charge in [-0.05, 0) is 37.3 Å². The van der Waals surface area contributed by atoms with Crippen molar-refractivity contribution >= 4 is 33.0 Å². The van der Waals surface area contributed by atoms with E-state index in [1.54, 1.807) is 11.3 Å². The molecule has 1 unspecified atom stereocenters. The predicted molar refractivity (Wildman–Crippen MR) is 75.1 cm³/mol. The van der Waals surface area contributed by atoms with Gasteiger partial charge >= 0.3 is 0 Å². The fraction of sp³-hybridized carbons (Fsp3) is 0.231. The van der Waals surface area contributed by atoms with Gasteiger partial charge in [0, 0.05) is 14.2 Å². The van der Waals surface area contributed by atoms with Crippen LogP contribution < -0.4 is 10.1 Å². The quantitative estimate of drug-likeness (QED) is 0.845. The van der Waals surface area contributed by atoms with Crippen LogP contribution in [0.3, 0.4) is 0 Å². The topological polar surface area (TPSA) is 21.3 Å². The van der Waals surface area contributed by atoms with Gasteiger partial charge in [-0.3, -0.25) is 0 Å². The van der Waals surface area contributed by atoms with Gasteiger partial charge in [-0.15, -0.1) is 11.3 Å². The van der Waals surface area contributed by atoms with E-state index in [1.807, 2.05) is 18.2 Å². The van der Waals surface area contributed by atoms with Gasteiger partial charge in [-0.2, -0.15) is 0 Å². The van der Waals surface area contributed by atoms with Crippen LogP contribution in [0, 0.1) is 6.92 Å². The molecule has 0 saturated carbocycles. The van der Waals surface area contributed by atoms with E-state index >= 15 is 0 Å². The Balaban J connectivity index is 1.88. The molecule has 17 heavy (non-hydrogen) atoms. The van der Waals surface area contributed by atoms with E-state index in [-0.39, 0.29) is 6.10 Å². The summed E-state index contributed by atoms with van der Waals surface area (Å²) in [6.07, 6.45) is 0.127. The summed E-state index contributed by atoms with van der Waals surface area (Å²) in [5.41, 5.74) is 1.06. The Kier molecular flexibility index (Phi) is 2.84. The molecule has 88 valence electrons. The first-order valence-electron chi connectivity index (χ1n) is 5.49. The number of thiophene rings is 1. The number of anilines is 1. The van der Waals surface area contributed by atoms with E-state index in [9.17, 15) is 0 Å². The van der Waals surface area contributed by atoms with Crippen LogP contribution in [0.4, 0.5) is 5.69 Å². The van der Waals surface area contributed by atoms with Crippen molar-refractivity contribution in [2.45, 2.75) is 13.0 Å². The molecular formula is C13H12BrNOS. The maximum absolute atomic E-state index is 6.01. The lowest BCUT2D eigenvalue weighted by atomic mass is 10.2. The number of fused-ring (bicyclic) bond motifs is 1. The molecule has 2 nitrogen and oxygen atoms in total. The highest BCUT2D eigenvalue weighted by Crippen LogP contribution is 2.37. The Morgan fingerprint density at radius 1 is 1.35 bits per heavy atom. The van der Waals surface area contributed by atoms with Crippen molar-refractivity contribution in [2.75, 3.05) is 11.9 Å². The van der Waals surface area contributed by atoms with Gasteiger partial charge in [0.1, 0.15) is 5.75 Å². The number of nitrogens with one attached hydrogen (secondary N) is 1. The molecule has 3 rings (SSSR count). The Hall–Kier alpha value is -1.00. The number of halogens is 1. The van der Waals surface area contributed by atoms with Crippen LogP contribution in [-0.4, -0.2) is 6.54 Å². The van der Waals surface area contributed by atoms with Gasteiger partial charge in [-0.25, -0.2) is 0 Å². The fourth-order valence-electron chi connectivity index (χ4n) is 1.93. The first kappa shape index (κ1) is 11.1. The molecule has 0 bridgehead atoms. The number of benzene rings is 1. The molecular weight excluding hydrogens is 298 g/mol. The van der Waals surface area contributed by atoms with Gasteiger partial charge < -0.3 is 10.1 Å². The third-order valence-electron chi connectivity index (χ3n) is 2.77. The number of hydrogen-bond acceptors (Lipinski definition) is 3. The molecule has 1 N–H and O–H groups in total. The zero-order valence-electron chi connectivity index (χ0n) is 9.37. The lowest BCUT2D eigenvalue weighted by molar-refractivity contribution is 0.214. The molecule has 0 aliphatic carbocycles. The largest absolute Gasteiger partial charge is 0.481 e. The van der Waals surface area contributed by atoms with Gasteiger partial charge in [0.25, 0.3) is 0 Å². The predicted octanol–water partition coefficient (Wildman–Crippen LogP) is 4.36. The summed E-state index contributed by atoms with van der Waals surface area (Å²) in [4.78, 5) is 2.61. The molecule has 0 radical (unpaired) electrons. The van der Waals surface area contributed by atoms with Crippen molar-refractivity contribution in [3.8, 4) is 5.75 Å². The molecule has 4 heteroatoms. The summed E-state index contributed by atoms with van der Waals surface area (Å²) in [7, 11) is 0. The van der Waals surface area contributed by atoms with E-state index in [0.29, 0.717) is 0 Å². The van der Waals surface area contributed by atoms with E-state index in [4.69, 9.17) is 4.74 Å². The average molecular weight is 310 g/mol. The molecule has 2 aromatic rings. The number of aryl methyl sites for hydroxylation is 1. The maximum Gasteiger partial charge on any atom is 0.150 e. The van der Waals surface area contributed by atoms with E-state index in [2.05, 4.69) is 40.3 Å². The third-order valence-corrected chi connectivity index (χ3v) is 4.35. The normalized spacial score (nSPS) is 18.1. The fourth-order valence-corrected chi connectivity index (χ4v) is 3.19. The molecule has 1 aliphatic heterocycles. The van der Waals surface area contributed by atoms with Crippen molar-refractivity contribution in [2.24, 2.45) is 0 Å². The van der Waals surface area contributed by atoms with Crippen molar-refractivity contribution in [3.63, 3.8) is 0 Å². The van der Waals surface area contributed by atoms with Crippen molar-refractivity contribution in [1.29, 1.82) is 0 Å². The molecule has 1 atom stereocenters. The molecule has 0 amide bonds. The highest BCUT2D eigenvalue weighted by atomic mass is 79.9. The van der Waals surface area contributed by atoms with Crippen LogP contribution in [-0.2, 0) is 0 Å². The summed E-state index contributed by atoms with van der Waals surface area (Å²) in [6, 6.07) is 10.3. The van der Waals surface area contributed by atoms with Gasteiger partial charge in [0.2, 0.25) is 0 Å². The highest BCUT2D eigenvalue weighted by Gasteiger charge is 2.21. The number of hydrogen-bond donors (Lipinski definition) is 1. The van der Waals surface area contributed by atoms with Crippen molar-refractivity contribution < 1.29 is 4.74 Å². The zero-order chi connectivity index (χ0) is 11.8. The van der Waals surface area contributed by atoms with Crippen LogP contribution in [0.2, 0.25) is 0 Å². The second-order valence-electron chi connectivity index (χ2n) is 4.08. The lowest BCUT2D eigenvalue weighted by Crippen LogP contribution is -2.22. The molecule has 0 spiro atoms. The van der Waals surface area contributed by atoms with Gasteiger partial charge in [0.15, 0.2) is 6.10 Å². The molecule has 1 aliphatic rings. The van der Waals surface area contributed by atoms with Crippen molar-refractivity contribution in [3.05, 3.63) is 44.6 Å². The number of rotatable bonds is 1. The monoisotopic (exact) mass is 309 g/mol. The molecule has 0 fully saturated rings. The molecule has 0 saturated heterocycles. The standard InChI is InChI=1S/C13H12BrNOS/c1-8-2-5-13(17-8)12-7-15-10-6-9(14)3-4-11(10)16-12/h2-6,12,15H,7H2,1H3. The maximum atomic E-state index is 6.01. The Morgan fingerprint density at radius 3 is 3.00 bits per heavy atom. The van der Waals surface area contributed by atoms with E-state index in [0.717, 1.165) is 22.5 Å². The summed E-state index contributed by atoms with van der Waals surface area (Å²) in [5, 5.41) is 3.41. The van der Waals surface area contributed by atoms with E-state index < -0.39 is 0 Å². The summed E-state index contributed by atoms with van der Waals surface area (Å²) in [5.74, 6) is 0.926. The smallest absolute Gasteiger partial charge is 0.150 e. The number of ether oxygens (including phenoxy) is 1. The van der Waals surface area contributed by atoms with Crippen molar-refractivity contribution in [1.82, 2.24) is 0 Å². The molecule has 1 aromatic heterocycles. The second-order valence-corrected chi connectivity index (χ2v) is 6.31. The minimum Gasteiger partial charge on any atom is -0.481 e. The SMILES string of the molecule is Cc1ccc(C2CNc3cc(Br)ccc3O2)s1. The zero-order valence-corrected chi connectivity index (χ0v) is 11.8. The summed E-state index contributed by atoms with van der Waals surface area (Å²) < 4.78 is 7.08. The lowest BCUT2D eigenvalue weighted by Gasteiger charge is -2.26. The van der Waals surface area contributed by atoms with Crippen LogP contribution in [0.15, 0.2) is 34.8 Å². The Bertz CT molecular complexity index is 552. The van der Waals surface area contributed by atoms with Gasteiger partial charge in [-0.1, -0.05) is 15.9 Å². The van der Waals surface area contributed by atoms with Crippen LogP contribution in [0.5, 0.6) is 5.75 Å². The van der Waals surface area contributed by atoms with Gasteiger partial charge in [0.05, 0.1) is 12.2 Å². The highest BCUT2D eigenvalue weighted by molar-refractivity contribution is 9.10. The second kappa shape index (κ2) is 4.35. The van der Waals surface area contributed by atoms with Crippen LogP contribution in [0.1, 0.15) is 15.9 Å². The average Bonchev–Trinajstić information content (AvgIpc) is 2.75. The summed E-state index contributed by atoms with van der Waals surface area (Å²) >= 11 is 5.26. The van der Waals surface area contributed by atoms with E-state index in [1.165, 1.54) is 9.75 Å². The molecule has 1 aromatic carbocycles. The van der Waals surface area contributed by atoms with Crippen LogP contribution in [0.25, 0.3) is 0 Å². The van der Waals surface area contributed by atoms with Crippen LogP contribution >= 0.6 is 27.3 Å². The Morgan fingerprint density at radius 2 is 2.24 bits per heavy atom. The first-order valence-corrected chi connectivity index (χ1v) is 7.10. The summed E-state index contributed by atoms with van der Waals surface area (Å²) in [6.45, 7) is 2.94. The minimum atomic E-state index is 0.127. The molecule has 2 heterocycles. The first-order chi connectivity index (χ1) is 8.22.